The number of benzene rings is 2. The van der Waals surface area contributed by atoms with Crippen LogP contribution in [-0.2, 0) is 0 Å². The summed E-state index contributed by atoms with van der Waals surface area (Å²) < 4.78 is 10.5. The molecule has 3 rings (SSSR count). The van der Waals surface area contributed by atoms with Crippen LogP contribution in [0.4, 0.5) is 0 Å². The van der Waals surface area contributed by atoms with Crippen LogP contribution in [-0.4, -0.2) is 11.1 Å². The maximum atomic E-state index is 12.0. The molecule has 1 heterocycles. The Balaban J connectivity index is 1.78. The van der Waals surface area contributed by atoms with Crippen molar-refractivity contribution < 1.29 is 14.1 Å². The Morgan fingerprint density at radius 1 is 1.05 bits per heavy atom. The van der Waals surface area contributed by atoms with Crippen LogP contribution in [0.15, 0.2) is 65.2 Å². The van der Waals surface area contributed by atoms with Crippen LogP contribution in [0.5, 0.6) is 5.75 Å². The van der Waals surface area contributed by atoms with E-state index in [1.165, 1.54) is 0 Å². The van der Waals surface area contributed by atoms with Crippen LogP contribution in [0.3, 0.4) is 0 Å². The van der Waals surface area contributed by atoms with Crippen LogP contribution < -0.4 is 4.74 Å². The van der Waals surface area contributed by atoms with Crippen LogP contribution >= 0.6 is 0 Å². The second-order valence-corrected chi connectivity index (χ2v) is 4.65. The van der Waals surface area contributed by atoms with E-state index in [0.29, 0.717) is 11.5 Å². The van der Waals surface area contributed by atoms with Crippen LogP contribution in [0.2, 0.25) is 0 Å². The molecule has 0 aliphatic heterocycles. The van der Waals surface area contributed by atoms with Gasteiger partial charge in [-0.25, -0.2) is 4.79 Å². The normalized spacial score (nSPS) is 10.3. The molecule has 0 saturated heterocycles. The predicted octanol–water partition coefficient (Wildman–Crippen LogP) is 3.87. The Morgan fingerprint density at radius 3 is 2.62 bits per heavy atom. The van der Waals surface area contributed by atoms with E-state index in [0.717, 1.165) is 11.1 Å². The van der Waals surface area contributed by atoms with Gasteiger partial charge in [-0.3, -0.25) is 0 Å². The molecule has 104 valence electrons. The largest absolute Gasteiger partial charge is 0.422 e. The van der Waals surface area contributed by atoms with E-state index in [2.05, 4.69) is 5.16 Å². The van der Waals surface area contributed by atoms with Gasteiger partial charge in [-0.15, -0.1) is 0 Å². The molecule has 21 heavy (non-hydrogen) atoms. The minimum atomic E-state index is -0.536. The van der Waals surface area contributed by atoms with Gasteiger partial charge in [0, 0.05) is 11.6 Å². The SMILES string of the molecule is Cc1cccc(OC(=O)c2cc(-c3ccccc3)on2)c1. The number of hydrogen-bond acceptors (Lipinski definition) is 4. The van der Waals surface area contributed by atoms with Gasteiger partial charge in [-0.1, -0.05) is 47.6 Å². The van der Waals surface area contributed by atoms with E-state index in [-0.39, 0.29) is 5.69 Å². The van der Waals surface area contributed by atoms with Crippen LogP contribution in [0, 0.1) is 6.92 Å². The number of hydrogen-bond donors (Lipinski definition) is 0. The minimum Gasteiger partial charge on any atom is -0.422 e. The summed E-state index contributed by atoms with van der Waals surface area (Å²) in [6, 6.07) is 18.3. The highest BCUT2D eigenvalue weighted by Crippen LogP contribution is 2.21. The topological polar surface area (TPSA) is 52.3 Å². The van der Waals surface area contributed by atoms with Crippen molar-refractivity contribution in [2.75, 3.05) is 0 Å². The zero-order valence-corrected chi connectivity index (χ0v) is 11.4. The first kappa shape index (κ1) is 13.1. The second-order valence-electron chi connectivity index (χ2n) is 4.65. The maximum Gasteiger partial charge on any atom is 0.365 e. The Kier molecular flexibility index (Phi) is 3.51. The fourth-order valence-corrected chi connectivity index (χ4v) is 1.95. The Labute approximate surface area is 122 Å². The molecule has 0 saturated carbocycles. The summed E-state index contributed by atoms with van der Waals surface area (Å²) in [5.41, 5.74) is 2.03. The quantitative estimate of drug-likeness (QED) is 0.539. The fraction of sp³-hybridized carbons (Fsp3) is 0.0588. The summed E-state index contributed by atoms with van der Waals surface area (Å²) >= 11 is 0. The Hall–Kier alpha value is -2.88. The highest BCUT2D eigenvalue weighted by molar-refractivity contribution is 5.90. The number of rotatable bonds is 3. The number of carbonyl (C=O) groups excluding carboxylic acids is 1. The molecule has 0 amide bonds. The number of ether oxygens (including phenoxy) is 1. The van der Waals surface area contributed by atoms with Gasteiger partial charge >= 0.3 is 5.97 Å². The molecular formula is C17H13NO3. The molecule has 0 spiro atoms. The Bertz CT molecular complexity index is 762. The molecule has 2 aromatic carbocycles. The molecule has 0 atom stereocenters. The molecule has 0 radical (unpaired) electrons. The third-order valence-corrected chi connectivity index (χ3v) is 2.98. The lowest BCUT2D eigenvalue weighted by Gasteiger charge is -2.02. The number of aryl methyl sites for hydroxylation is 1. The first-order chi connectivity index (χ1) is 10.2. The highest BCUT2D eigenvalue weighted by atomic mass is 16.5. The van der Waals surface area contributed by atoms with Gasteiger partial charge in [0.15, 0.2) is 11.5 Å². The molecule has 0 aliphatic carbocycles. The highest BCUT2D eigenvalue weighted by Gasteiger charge is 2.15. The third kappa shape index (κ3) is 3.00. The van der Waals surface area contributed by atoms with Crippen molar-refractivity contribution in [3.63, 3.8) is 0 Å². The number of nitrogens with zero attached hydrogens (tertiary/aromatic N) is 1. The molecule has 4 heteroatoms. The molecule has 0 bridgehead atoms. The van der Waals surface area contributed by atoms with Gasteiger partial charge in [0.1, 0.15) is 5.75 Å². The van der Waals surface area contributed by atoms with E-state index in [1.54, 1.807) is 18.2 Å². The van der Waals surface area contributed by atoms with Gasteiger partial charge in [-0.2, -0.15) is 0 Å². The first-order valence-corrected chi connectivity index (χ1v) is 6.53. The molecule has 0 N–H and O–H groups in total. The van der Waals surface area contributed by atoms with Crippen LogP contribution in [0.25, 0.3) is 11.3 Å². The van der Waals surface area contributed by atoms with Crippen LogP contribution in [0.1, 0.15) is 16.1 Å². The molecule has 0 fully saturated rings. The van der Waals surface area contributed by atoms with Gasteiger partial charge in [-0.05, 0) is 24.6 Å². The number of carbonyl (C=O) groups is 1. The average Bonchev–Trinajstić information content (AvgIpc) is 2.98. The lowest BCUT2D eigenvalue weighted by molar-refractivity contribution is 0.0724. The zero-order chi connectivity index (χ0) is 14.7. The van der Waals surface area contributed by atoms with Crippen molar-refractivity contribution >= 4 is 5.97 Å². The van der Waals surface area contributed by atoms with E-state index in [1.807, 2.05) is 49.4 Å². The standard InChI is InChI=1S/C17H13NO3/c1-12-6-5-9-14(10-12)20-17(19)15-11-16(21-18-15)13-7-3-2-4-8-13/h2-11H,1H3. The van der Waals surface area contributed by atoms with E-state index < -0.39 is 5.97 Å². The zero-order valence-electron chi connectivity index (χ0n) is 11.4. The van der Waals surface area contributed by atoms with Gasteiger partial charge in [0.05, 0.1) is 0 Å². The third-order valence-electron chi connectivity index (χ3n) is 2.98. The average molecular weight is 279 g/mol. The van der Waals surface area contributed by atoms with Crippen molar-refractivity contribution in [2.24, 2.45) is 0 Å². The molecule has 0 aliphatic rings. The molecule has 4 nitrogen and oxygen atoms in total. The smallest absolute Gasteiger partial charge is 0.365 e. The maximum absolute atomic E-state index is 12.0. The van der Waals surface area contributed by atoms with Crippen molar-refractivity contribution in [2.45, 2.75) is 6.92 Å². The van der Waals surface area contributed by atoms with E-state index in [4.69, 9.17) is 9.26 Å². The fourth-order valence-electron chi connectivity index (χ4n) is 1.95. The van der Waals surface area contributed by atoms with Crippen molar-refractivity contribution in [3.05, 3.63) is 71.9 Å². The van der Waals surface area contributed by atoms with Gasteiger partial charge < -0.3 is 9.26 Å². The summed E-state index contributed by atoms with van der Waals surface area (Å²) in [5, 5.41) is 3.76. The Morgan fingerprint density at radius 2 is 1.86 bits per heavy atom. The monoisotopic (exact) mass is 279 g/mol. The first-order valence-electron chi connectivity index (χ1n) is 6.53. The summed E-state index contributed by atoms with van der Waals surface area (Å²) in [7, 11) is 0. The summed E-state index contributed by atoms with van der Waals surface area (Å²) in [4.78, 5) is 12.0. The van der Waals surface area contributed by atoms with E-state index in [9.17, 15) is 4.79 Å². The summed E-state index contributed by atoms with van der Waals surface area (Å²) in [6.07, 6.45) is 0. The van der Waals surface area contributed by atoms with E-state index >= 15 is 0 Å². The lowest BCUT2D eigenvalue weighted by Crippen LogP contribution is -2.08. The van der Waals surface area contributed by atoms with Crippen molar-refractivity contribution in [1.82, 2.24) is 5.16 Å². The summed E-state index contributed by atoms with van der Waals surface area (Å²) in [6.45, 7) is 1.93. The molecule has 0 unspecified atom stereocenters. The van der Waals surface area contributed by atoms with Crippen molar-refractivity contribution in [3.8, 4) is 17.1 Å². The lowest BCUT2D eigenvalue weighted by atomic mass is 10.2. The van der Waals surface area contributed by atoms with Gasteiger partial charge in [0.2, 0.25) is 0 Å². The second kappa shape index (κ2) is 5.63. The molecule has 1 aromatic heterocycles. The number of esters is 1. The van der Waals surface area contributed by atoms with Gasteiger partial charge in [0.25, 0.3) is 0 Å². The summed E-state index contributed by atoms with van der Waals surface area (Å²) in [5.74, 6) is 0.489. The number of aromatic nitrogens is 1. The molecular weight excluding hydrogens is 266 g/mol. The molecule has 3 aromatic rings. The minimum absolute atomic E-state index is 0.148. The predicted molar refractivity (Wildman–Crippen MR) is 78.1 cm³/mol. The van der Waals surface area contributed by atoms with Crippen molar-refractivity contribution in [1.29, 1.82) is 0 Å².